The summed E-state index contributed by atoms with van der Waals surface area (Å²) in [6.07, 6.45) is 6.21. The quantitative estimate of drug-likeness (QED) is 0.759. The first-order valence-corrected chi connectivity index (χ1v) is 9.63. The van der Waals surface area contributed by atoms with Gasteiger partial charge in [0, 0.05) is 19.0 Å². The number of fused-ring (bicyclic) bond motifs is 1. The molecule has 0 N–H and O–H groups in total. The van der Waals surface area contributed by atoms with Gasteiger partial charge in [-0.3, -0.25) is 4.79 Å². The van der Waals surface area contributed by atoms with Crippen LogP contribution in [0.4, 0.5) is 0 Å². The minimum Gasteiger partial charge on any atom is -0.490 e. The van der Waals surface area contributed by atoms with Crippen LogP contribution in [-0.2, 0) is 4.79 Å². The van der Waals surface area contributed by atoms with Gasteiger partial charge >= 0.3 is 0 Å². The fourth-order valence-corrected chi connectivity index (χ4v) is 3.70. The maximum absolute atomic E-state index is 12.8. The standard InChI is InChI=1S/C23H22N2O3/c24-16-18-6-4-17(5-7-18)8-11-23(26)25-12-1-3-20(25)19-9-10-21-22(15-19)28-14-2-13-27-21/h4-11,15,20H,1-3,12-14H2. The van der Waals surface area contributed by atoms with Crippen molar-refractivity contribution in [3.8, 4) is 17.6 Å². The molecular formula is C23H22N2O3. The summed E-state index contributed by atoms with van der Waals surface area (Å²) in [6.45, 7) is 2.06. The second-order valence-electron chi connectivity index (χ2n) is 7.01. The monoisotopic (exact) mass is 374 g/mol. The van der Waals surface area contributed by atoms with Crippen LogP contribution in [0.5, 0.6) is 11.5 Å². The van der Waals surface area contributed by atoms with Crippen LogP contribution in [-0.4, -0.2) is 30.6 Å². The van der Waals surface area contributed by atoms with Gasteiger partial charge in [-0.25, -0.2) is 0 Å². The molecule has 1 unspecified atom stereocenters. The number of ether oxygens (including phenoxy) is 2. The lowest BCUT2D eigenvalue weighted by Crippen LogP contribution is -2.28. The molecule has 4 rings (SSSR count). The van der Waals surface area contributed by atoms with Gasteiger partial charge in [0.1, 0.15) is 0 Å². The van der Waals surface area contributed by atoms with E-state index in [0.29, 0.717) is 18.8 Å². The smallest absolute Gasteiger partial charge is 0.247 e. The summed E-state index contributed by atoms with van der Waals surface area (Å²) in [5, 5.41) is 8.87. The number of hydrogen-bond donors (Lipinski definition) is 0. The van der Waals surface area contributed by atoms with Gasteiger partial charge in [-0.15, -0.1) is 0 Å². The third-order valence-corrected chi connectivity index (χ3v) is 5.15. The molecule has 2 aliphatic heterocycles. The third-order valence-electron chi connectivity index (χ3n) is 5.15. The summed E-state index contributed by atoms with van der Waals surface area (Å²) in [6, 6.07) is 15.3. The van der Waals surface area contributed by atoms with Crippen molar-refractivity contribution >= 4 is 12.0 Å². The highest BCUT2D eigenvalue weighted by Gasteiger charge is 2.29. The molecule has 2 aromatic carbocycles. The third kappa shape index (κ3) is 3.86. The lowest BCUT2D eigenvalue weighted by atomic mass is 10.0. The van der Waals surface area contributed by atoms with E-state index in [4.69, 9.17) is 14.7 Å². The van der Waals surface area contributed by atoms with Gasteiger partial charge in [0.05, 0.1) is 30.9 Å². The lowest BCUT2D eigenvalue weighted by Gasteiger charge is -2.24. The van der Waals surface area contributed by atoms with Crippen LogP contribution >= 0.6 is 0 Å². The van der Waals surface area contributed by atoms with Crippen molar-refractivity contribution in [3.05, 3.63) is 65.2 Å². The zero-order valence-electron chi connectivity index (χ0n) is 15.6. The normalized spacial score (nSPS) is 18.7. The predicted octanol–water partition coefficient (Wildman–Crippen LogP) is 4.10. The number of rotatable bonds is 3. The van der Waals surface area contributed by atoms with Crippen LogP contribution in [0.2, 0.25) is 0 Å². The number of amides is 1. The second-order valence-corrected chi connectivity index (χ2v) is 7.01. The van der Waals surface area contributed by atoms with E-state index in [-0.39, 0.29) is 11.9 Å². The van der Waals surface area contributed by atoms with Crippen LogP contribution < -0.4 is 9.47 Å². The molecule has 0 aliphatic carbocycles. The maximum Gasteiger partial charge on any atom is 0.247 e. The summed E-state index contributed by atoms with van der Waals surface area (Å²) >= 11 is 0. The second kappa shape index (κ2) is 8.18. The van der Waals surface area contributed by atoms with Gasteiger partial charge in [0.15, 0.2) is 11.5 Å². The molecule has 5 heteroatoms. The van der Waals surface area contributed by atoms with E-state index >= 15 is 0 Å². The Morgan fingerprint density at radius 3 is 2.64 bits per heavy atom. The van der Waals surface area contributed by atoms with Gasteiger partial charge in [-0.1, -0.05) is 18.2 Å². The Morgan fingerprint density at radius 2 is 1.86 bits per heavy atom. The maximum atomic E-state index is 12.8. The number of likely N-dealkylation sites (tertiary alicyclic amines) is 1. The van der Waals surface area contributed by atoms with E-state index in [1.165, 1.54) is 0 Å². The van der Waals surface area contributed by atoms with Crippen molar-refractivity contribution in [2.24, 2.45) is 0 Å². The molecular weight excluding hydrogens is 352 g/mol. The minimum atomic E-state index is -0.000953. The average Bonchev–Trinajstić information content (AvgIpc) is 3.11. The van der Waals surface area contributed by atoms with Gasteiger partial charge in [-0.2, -0.15) is 5.26 Å². The number of nitrogens with zero attached hydrogens (tertiary/aromatic N) is 2. The molecule has 0 saturated carbocycles. The van der Waals surface area contributed by atoms with Crippen molar-refractivity contribution in [1.29, 1.82) is 5.26 Å². The van der Waals surface area contributed by atoms with Crippen molar-refractivity contribution < 1.29 is 14.3 Å². The number of benzene rings is 2. The van der Waals surface area contributed by atoms with Crippen LogP contribution in [0.25, 0.3) is 6.08 Å². The van der Waals surface area contributed by atoms with Gasteiger partial charge in [-0.05, 0) is 54.3 Å². The largest absolute Gasteiger partial charge is 0.490 e. The highest BCUT2D eigenvalue weighted by Crippen LogP contribution is 2.38. The van der Waals surface area contributed by atoms with Crippen LogP contribution in [0, 0.1) is 11.3 Å². The summed E-state index contributed by atoms with van der Waals surface area (Å²) in [5.41, 5.74) is 2.60. The van der Waals surface area contributed by atoms with Crippen molar-refractivity contribution in [1.82, 2.24) is 4.90 Å². The highest BCUT2D eigenvalue weighted by atomic mass is 16.5. The summed E-state index contributed by atoms with van der Waals surface area (Å²) < 4.78 is 11.5. The lowest BCUT2D eigenvalue weighted by molar-refractivity contribution is -0.126. The number of carbonyl (C=O) groups is 1. The van der Waals surface area contributed by atoms with Gasteiger partial charge in [0.25, 0.3) is 0 Å². The molecule has 142 valence electrons. The zero-order valence-corrected chi connectivity index (χ0v) is 15.6. The minimum absolute atomic E-state index is 0.000953. The van der Waals surface area contributed by atoms with E-state index in [1.807, 2.05) is 35.2 Å². The Balaban J connectivity index is 1.50. The molecule has 2 aliphatic rings. The highest BCUT2D eigenvalue weighted by molar-refractivity contribution is 5.92. The van der Waals surface area contributed by atoms with E-state index < -0.39 is 0 Å². The van der Waals surface area contributed by atoms with Crippen molar-refractivity contribution in [2.75, 3.05) is 19.8 Å². The Labute approximate surface area is 164 Å². The van der Waals surface area contributed by atoms with Crippen LogP contribution in [0.3, 0.4) is 0 Å². The van der Waals surface area contributed by atoms with Crippen LogP contribution in [0.15, 0.2) is 48.5 Å². The zero-order chi connectivity index (χ0) is 19.3. The predicted molar refractivity (Wildman–Crippen MR) is 106 cm³/mol. The molecule has 5 nitrogen and oxygen atoms in total. The molecule has 0 radical (unpaired) electrons. The summed E-state index contributed by atoms with van der Waals surface area (Å²) in [4.78, 5) is 14.7. The molecule has 28 heavy (non-hydrogen) atoms. The first-order chi connectivity index (χ1) is 13.7. The van der Waals surface area contributed by atoms with E-state index in [2.05, 4.69) is 6.07 Å². The Hall–Kier alpha value is -3.26. The molecule has 1 atom stereocenters. The van der Waals surface area contributed by atoms with Crippen molar-refractivity contribution in [3.63, 3.8) is 0 Å². The molecule has 0 bridgehead atoms. The molecule has 1 amide bonds. The number of hydrogen-bond acceptors (Lipinski definition) is 4. The van der Waals surface area contributed by atoms with Gasteiger partial charge in [0.2, 0.25) is 5.91 Å². The average molecular weight is 374 g/mol. The van der Waals surface area contributed by atoms with Crippen LogP contribution in [0.1, 0.15) is 42.0 Å². The van der Waals surface area contributed by atoms with E-state index in [0.717, 1.165) is 48.4 Å². The first kappa shape index (κ1) is 18.1. The fourth-order valence-electron chi connectivity index (χ4n) is 3.70. The summed E-state index contributed by atoms with van der Waals surface area (Å²) in [5.74, 6) is 1.54. The molecule has 0 aromatic heterocycles. The summed E-state index contributed by atoms with van der Waals surface area (Å²) in [7, 11) is 0. The van der Waals surface area contributed by atoms with E-state index in [1.54, 1.807) is 24.3 Å². The molecule has 0 spiro atoms. The fraction of sp³-hybridized carbons (Fsp3) is 0.304. The molecule has 1 fully saturated rings. The Kier molecular flexibility index (Phi) is 5.29. The first-order valence-electron chi connectivity index (χ1n) is 9.63. The topological polar surface area (TPSA) is 62.6 Å². The number of carbonyl (C=O) groups excluding carboxylic acids is 1. The molecule has 1 saturated heterocycles. The Morgan fingerprint density at radius 1 is 1.07 bits per heavy atom. The molecule has 2 heterocycles. The van der Waals surface area contributed by atoms with E-state index in [9.17, 15) is 4.79 Å². The van der Waals surface area contributed by atoms with Crippen molar-refractivity contribution in [2.45, 2.75) is 25.3 Å². The Bertz CT molecular complexity index is 928. The van der Waals surface area contributed by atoms with Gasteiger partial charge < -0.3 is 14.4 Å². The molecule has 2 aromatic rings. The number of nitriles is 1. The SMILES string of the molecule is N#Cc1ccc(C=CC(=O)N2CCCC2c2ccc3c(c2)OCCCO3)cc1.